The molecule has 0 atom stereocenters. The van der Waals surface area contributed by atoms with Gasteiger partial charge in [-0.05, 0) is 36.2 Å². The molecule has 122 valence electrons. The third kappa shape index (κ3) is 3.10. The first-order valence-electron chi connectivity index (χ1n) is 8.52. The molecule has 0 aliphatic carbocycles. The van der Waals surface area contributed by atoms with E-state index in [-0.39, 0.29) is 0 Å². The van der Waals surface area contributed by atoms with E-state index in [2.05, 4.69) is 58.1 Å². The highest BCUT2D eigenvalue weighted by molar-refractivity contribution is 5.83. The summed E-state index contributed by atoms with van der Waals surface area (Å²) in [6.07, 6.45) is 3.79. The van der Waals surface area contributed by atoms with Crippen molar-refractivity contribution in [2.75, 3.05) is 31.1 Å². The molecule has 1 fully saturated rings. The lowest BCUT2D eigenvalue weighted by atomic mass is 10.1. The molecule has 0 bridgehead atoms. The topological polar surface area (TPSA) is 32.3 Å². The van der Waals surface area contributed by atoms with Gasteiger partial charge in [0.05, 0.1) is 5.52 Å². The number of anilines is 1. The van der Waals surface area contributed by atoms with E-state index in [4.69, 9.17) is 4.98 Å². The molecule has 4 heteroatoms. The molecule has 0 spiro atoms. The Balaban J connectivity index is 1.46. The van der Waals surface area contributed by atoms with Crippen molar-refractivity contribution in [2.45, 2.75) is 13.5 Å². The summed E-state index contributed by atoms with van der Waals surface area (Å²) in [5.74, 6) is 1.10. The van der Waals surface area contributed by atoms with E-state index in [9.17, 15) is 0 Å². The first kappa shape index (κ1) is 15.1. The van der Waals surface area contributed by atoms with Crippen LogP contribution >= 0.6 is 0 Å². The third-order valence-electron chi connectivity index (χ3n) is 4.73. The Hall–Kier alpha value is -2.46. The summed E-state index contributed by atoms with van der Waals surface area (Å²) in [7, 11) is 0. The fourth-order valence-electron chi connectivity index (χ4n) is 3.38. The maximum absolute atomic E-state index is 4.87. The van der Waals surface area contributed by atoms with Crippen molar-refractivity contribution in [3.05, 3.63) is 66.0 Å². The van der Waals surface area contributed by atoms with Gasteiger partial charge in [0.25, 0.3) is 0 Å². The Morgan fingerprint density at radius 2 is 1.83 bits per heavy atom. The number of nitrogens with zero attached hydrogens (tertiary/aromatic N) is 4. The summed E-state index contributed by atoms with van der Waals surface area (Å²) in [5.41, 5.74) is 3.67. The third-order valence-corrected chi connectivity index (χ3v) is 4.73. The molecule has 0 saturated carbocycles. The minimum atomic E-state index is 0.978. The van der Waals surface area contributed by atoms with Crippen LogP contribution in [0.5, 0.6) is 0 Å². The van der Waals surface area contributed by atoms with Crippen molar-refractivity contribution in [1.29, 1.82) is 0 Å². The predicted octanol–water partition coefficient (Wildman–Crippen LogP) is 3.26. The number of pyridine rings is 2. The van der Waals surface area contributed by atoms with Crippen LogP contribution in [0.2, 0.25) is 0 Å². The van der Waals surface area contributed by atoms with Crippen LogP contribution in [0, 0.1) is 6.92 Å². The van der Waals surface area contributed by atoms with E-state index < -0.39 is 0 Å². The zero-order valence-electron chi connectivity index (χ0n) is 14.0. The van der Waals surface area contributed by atoms with Gasteiger partial charge in [0, 0.05) is 50.5 Å². The van der Waals surface area contributed by atoms with Gasteiger partial charge in [0.1, 0.15) is 5.82 Å². The van der Waals surface area contributed by atoms with Gasteiger partial charge >= 0.3 is 0 Å². The monoisotopic (exact) mass is 318 g/mol. The van der Waals surface area contributed by atoms with Crippen LogP contribution in [0.4, 0.5) is 5.82 Å². The molecule has 1 aliphatic heterocycles. The molecule has 24 heavy (non-hydrogen) atoms. The second-order valence-electron chi connectivity index (χ2n) is 6.44. The number of benzene rings is 1. The van der Waals surface area contributed by atoms with E-state index >= 15 is 0 Å². The highest BCUT2D eigenvalue weighted by Gasteiger charge is 2.18. The van der Waals surface area contributed by atoms with Crippen LogP contribution in [-0.2, 0) is 6.54 Å². The van der Waals surface area contributed by atoms with Crippen LogP contribution in [0.15, 0.2) is 54.9 Å². The minimum Gasteiger partial charge on any atom is -0.354 e. The molecule has 4 nitrogen and oxygen atoms in total. The van der Waals surface area contributed by atoms with Gasteiger partial charge in [-0.2, -0.15) is 0 Å². The van der Waals surface area contributed by atoms with Crippen molar-refractivity contribution in [3.8, 4) is 0 Å². The van der Waals surface area contributed by atoms with Gasteiger partial charge in [0.15, 0.2) is 0 Å². The van der Waals surface area contributed by atoms with Gasteiger partial charge < -0.3 is 4.90 Å². The van der Waals surface area contributed by atoms with Crippen LogP contribution in [0.25, 0.3) is 10.9 Å². The maximum atomic E-state index is 4.87. The molecular weight excluding hydrogens is 296 g/mol. The fraction of sp³-hybridized carbons (Fsp3) is 0.300. The molecule has 4 rings (SSSR count). The Bertz CT molecular complexity index is 823. The van der Waals surface area contributed by atoms with Gasteiger partial charge in [0.2, 0.25) is 0 Å². The number of fused-ring (bicyclic) bond motifs is 1. The molecular formula is C20H22N4. The number of hydrogen-bond acceptors (Lipinski definition) is 4. The van der Waals surface area contributed by atoms with Gasteiger partial charge in [-0.3, -0.25) is 9.88 Å². The normalized spacial score (nSPS) is 15.8. The van der Waals surface area contributed by atoms with Crippen molar-refractivity contribution in [1.82, 2.24) is 14.9 Å². The summed E-state index contributed by atoms with van der Waals surface area (Å²) in [6.45, 7) is 7.30. The lowest BCUT2D eigenvalue weighted by Gasteiger charge is -2.35. The zero-order chi connectivity index (χ0) is 16.4. The molecule has 3 heterocycles. The standard InChI is InChI=1S/C20H22N4/c1-16-13-20(22-19-7-3-2-6-18(16)19)24-11-9-23(10-12-24)15-17-5-4-8-21-14-17/h2-8,13-14H,9-12,15H2,1H3. The van der Waals surface area contributed by atoms with E-state index in [1.54, 1.807) is 0 Å². The Morgan fingerprint density at radius 3 is 2.62 bits per heavy atom. The van der Waals surface area contributed by atoms with Gasteiger partial charge in [-0.15, -0.1) is 0 Å². The number of rotatable bonds is 3. The smallest absolute Gasteiger partial charge is 0.129 e. The van der Waals surface area contributed by atoms with Crippen LogP contribution in [0.1, 0.15) is 11.1 Å². The summed E-state index contributed by atoms with van der Waals surface area (Å²) >= 11 is 0. The number of aromatic nitrogens is 2. The summed E-state index contributed by atoms with van der Waals surface area (Å²) in [4.78, 5) is 14.0. The Labute approximate surface area is 142 Å². The fourth-order valence-corrected chi connectivity index (χ4v) is 3.38. The second-order valence-corrected chi connectivity index (χ2v) is 6.44. The highest BCUT2D eigenvalue weighted by Crippen LogP contribution is 2.23. The van der Waals surface area contributed by atoms with E-state index in [0.29, 0.717) is 0 Å². The predicted molar refractivity (Wildman–Crippen MR) is 98.2 cm³/mol. The summed E-state index contributed by atoms with van der Waals surface area (Å²) in [5, 5.41) is 1.25. The molecule has 1 aromatic carbocycles. The van der Waals surface area contributed by atoms with E-state index in [1.165, 1.54) is 16.5 Å². The number of hydrogen-bond donors (Lipinski definition) is 0. The van der Waals surface area contributed by atoms with Crippen molar-refractivity contribution < 1.29 is 0 Å². The number of piperazine rings is 1. The van der Waals surface area contributed by atoms with Gasteiger partial charge in [-0.25, -0.2) is 4.98 Å². The first-order valence-corrected chi connectivity index (χ1v) is 8.52. The van der Waals surface area contributed by atoms with Crippen molar-refractivity contribution in [2.24, 2.45) is 0 Å². The lowest BCUT2D eigenvalue weighted by molar-refractivity contribution is 0.249. The molecule has 1 aliphatic rings. The number of para-hydroxylation sites is 1. The average Bonchev–Trinajstić information content (AvgIpc) is 2.63. The molecule has 1 saturated heterocycles. The molecule has 2 aromatic heterocycles. The summed E-state index contributed by atoms with van der Waals surface area (Å²) < 4.78 is 0. The zero-order valence-corrected chi connectivity index (χ0v) is 14.0. The average molecular weight is 318 g/mol. The SMILES string of the molecule is Cc1cc(N2CCN(Cc3cccnc3)CC2)nc2ccccc12. The second kappa shape index (κ2) is 6.57. The molecule has 0 radical (unpaired) electrons. The van der Waals surface area contributed by atoms with Crippen molar-refractivity contribution in [3.63, 3.8) is 0 Å². The molecule has 0 amide bonds. The van der Waals surface area contributed by atoms with Crippen LogP contribution in [0.3, 0.4) is 0 Å². The minimum absolute atomic E-state index is 0.978. The molecule has 0 N–H and O–H groups in total. The maximum Gasteiger partial charge on any atom is 0.129 e. The lowest BCUT2D eigenvalue weighted by Crippen LogP contribution is -2.46. The quantitative estimate of drug-likeness (QED) is 0.742. The Kier molecular flexibility index (Phi) is 4.13. The largest absolute Gasteiger partial charge is 0.354 e. The highest BCUT2D eigenvalue weighted by atomic mass is 15.3. The van der Waals surface area contributed by atoms with E-state index in [1.807, 2.05) is 18.5 Å². The van der Waals surface area contributed by atoms with Crippen molar-refractivity contribution >= 4 is 16.7 Å². The number of aryl methyl sites for hydroxylation is 1. The molecule has 0 unspecified atom stereocenters. The van der Waals surface area contributed by atoms with E-state index in [0.717, 1.165) is 44.1 Å². The Morgan fingerprint density at radius 1 is 1.00 bits per heavy atom. The van der Waals surface area contributed by atoms with Crippen LogP contribution < -0.4 is 4.90 Å². The first-order chi connectivity index (χ1) is 11.8. The summed E-state index contributed by atoms with van der Waals surface area (Å²) in [6, 6.07) is 14.8. The molecule has 3 aromatic rings. The van der Waals surface area contributed by atoms with Crippen LogP contribution in [-0.4, -0.2) is 41.0 Å². The van der Waals surface area contributed by atoms with Gasteiger partial charge in [-0.1, -0.05) is 24.3 Å².